The van der Waals surface area contributed by atoms with Crippen molar-refractivity contribution in [1.82, 2.24) is 14.6 Å². The summed E-state index contributed by atoms with van der Waals surface area (Å²) in [7, 11) is 2.03. The lowest BCUT2D eigenvalue weighted by Crippen LogP contribution is -2.27. The quantitative estimate of drug-likeness (QED) is 0.792. The highest BCUT2D eigenvalue weighted by Crippen LogP contribution is 2.36. The monoisotopic (exact) mass is 342 g/mol. The van der Waals surface area contributed by atoms with E-state index in [1.54, 1.807) is 11.3 Å². The van der Waals surface area contributed by atoms with Crippen molar-refractivity contribution in [1.29, 1.82) is 0 Å². The van der Waals surface area contributed by atoms with Crippen molar-refractivity contribution in [2.75, 3.05) is 25.1 Å². The van der Waals surface area contributed by atoms with E-state index in [-0.39, 0.29) is 6.61 Å². The van der Waals surface area contributed by atoms with Crippen LogP contribution in [0.3, 0.4) is 0 Å². The van der Waals surface area contributed by atoms with E-state index in [0.717, 1.165) is 35.6 Å². The molecule has 1 N–H and O–H groups in total. The summed E-state index contributed by atoms with van der Waals surface area (Å²) in [6.07, 6.45) is 4.45. The van der Waals surface area contributed by atoms with E-state index >= 15 is 0 Å². The zero-order valence-electron chi connectivity index (χ0n) is 14.1. The third kappa shape index (κ3) is 2.41. The number of aryl methyl sites for hydroxylation is 2. The minimum atomic E-state index is 0.132. The standard InChI is InChI=1S/C18H22N4OS/c1-12-16(15-8-5-11-24-15)17-19-14-7-4-3-6-13(14)18(22(17)20-12)21(2)9-10-23/h5,8,11,23H,3-4,6-7,9-10H2,1-2H3. The molecule has 126 valence electrons. The average Bonchev–Trinajstić information content (AvgIpc) is 3.19. The second-order valence-corrected chi connectivity index (χ2v) is 7.33. The lowest BCUT2D eigenvalue weighted by atomic mass is 9.96. The Morgan fingerprint density at radius 2 is 2.17 bits per heavy atom. The molecule has 3 heterocycles. The van der Waals surface area contributed by atoms with E-state index < -0.39 is 0 Å². The van der Waals surface area contributed by atoms with Crippen LogP contribution in [0.2, 0.25) is 0 Å². The first-order valence-electron chi connectivity index (χ1n) is 8.47. The first kappa shape index (κ1) is 15.6. The van der Waals surface area contributed by atoms with Crippen LogP contribution in [0.4, 0.5) is 5.82 Å². The second-order valence-electron chi connectivity index (χ2n) is 6.39. The van der Waals surface area contributed by atoms with E-state index in [9.17, 15) is 5.11 Å². The molecule has 0 fully saturated rings. The summed E-state index contributed by atoms with van der Waals surface area (Å²) in [5.41, 5.74) is 5.58. The highest BCUT2D eigenvalue weighted by Gasteiger charge is 2.24. The van der Waals surface area contributed by atoms with Crippen LogP contribution in [0.5, 0.6) is 0 Å². The van der Waals surface area contributed by atoms with E-state index in [0.29, 0.717) is 6.54 Å². The number of anilines is 1. The Kier molecular flexibility index (Phi) is 4.02. The summed E-state index contributed by atoms with van der Waals surface area (Å²) in [6, 6.07) is 4.20. The van der Waals surface area contributed by atoms with E-state index in [4.69, 9.17) is 10.1 Å². The van der Waals surface area contributed by atoms with Gasteiger partial charge in [0.25, 0.3) is 0 Å². The first-order valence-corrected chi connectivity index (χ1v) is 9.35. The molecule has 24 heavy (non-hydrogen) atoms. The summed E-state index contributed by atoms with van der Waals surface area (Å²) >= 11 is 1.72. The number of hydrogen-bond acceptors (Lipinski definition) is 5. The van der Waals surface area contributed by atoms with Gasteiger partial charge in [0, 0.05) is 29.7 Å². The van der Waals surface area contributed by atoms with Crippen molar-refractivity contribution in [2.45, 2.75) is 32.6 Å². The number of nitrogens with zero attached hydrogens (tertiary/aromatic N) is 4. The predicted octanol–water partition coefficient (Wildman–Crippen LogP) is 3.07. The smallest absolute Gasteiger partial charge is 0.166 e. The van der Waals surface area contributed by atoms with Gasteiger partial charge in [-0.25, -0.2) is 4.98 Å². The summed E-state index contributed by atoms with van der Waals surface area (Å²) < 4.78 is 1.99. The Hall–Kier alpha value is -1.92. The van der Waals surface area contributed by atoms with Gasteiger partial charge in [0.2, 0.25) is 0 Å². The zero-order valence-corrected chi connectivity index (χ0v) is 14.9. The Bertz CT molecular complexity index is 869. The fourth-order valence-electron chi connectivity index (χ4n) is 3.63. The van der Waals surface area contributed by atoms with Gasteiger partial charge in [0.05, 0.1) is 17.9 Å². The summed E-state index contributed by atoms with van der Waals surface area (Å²) in [5, 5.41) is 16.3. The van der Waals surface area contributed by atoms with Crippen molar-refractivity contribution in [3.8, 4) is 10.4 Å². The first-order chi connectivity index (χ1) is 11.7. The van der Waals surface area contributed by atoms with Crippen LogP contribution in [0.25, 0.3) is 16.1 Å². The molecule has 0 unspecified atom stereocenters. The Labute approximate surface area is 145 Å². The number of fused-ring (bicyclic) bond motifs is 2. The minimum absolute atomic E-state index is 0.132. The van der Waals surface area contributed by atoms with Crippen molar-refractivity contribution in [2.24, 2.45) is 0 Å². The molecule has 0 radical (unpaired) electrons. The molecule has 1 aliphatic carbocycles. The fraction of sp³-hybridized carbons (Fsp3) is 0.444. The lowest BCUT2D eigenvalue weighted by Gasteiger charge is -2.26. The van der Waals surface area contributed by atoms with Gasteiger partial charge in [-0.15, -0.1) is 11.3 Å². The van der Waals surface area contributed by atoms with Crippen molar-refractivity contribution in [3.05, 3.63) is 34.5 Å². The van der Waals surface area contributed by atoms with Crippen LogP contribution in [0, 0.1) is 6.92 Å². The number of aliphatic hydroxyl groups is 1. The molecule has 0 bridgehead atoms. The van der Waals surface area contributed by atoms with Crippen molar-refractivity contribution in [3.63, 3.8) is 0 Å². The molecule has 3 aromatic heterocycles. The topological polar surface area (TPSA) is 53.7 Å². The molecule has 0 spiro atoms. The lowest BCUT2D eigenvalue weighted by molar-refractivity contribution is 0.303. The number of thiophene rings is 1. The second kappa shape index (κ2) is 6.18. The van der Waals surface area contributed by atoms with Gasteiger partial charge in [0.1, 0.15) is 5.82 Å². The molecule has 0 atom stereocenters. The van der Waals surface area contributed by atoms with E-state index in [2.05, 4.69) is 29.3 Å². The summed E-state index contributed by atoms with van der Waals surface area (Å²) in [5.74, 6) is 1.09. The Balaban J connectivity index is 2.02. The summed E-state index contributed by atoms with van der Waals surface area (Å²) in [6.45, 7) is 2.78. The molecule has 0 aliphatic heterocycles. The van der Waals surface area contributed by atoms with Crippen LogP contribution in [0.1, 0.15) is 29.8 Å². The van der Waals surface area contributed by atoms with Crippen LogP contribution in [-0.4, -0.2) is 39.9 Å². The third-order valence-corrected chi connectivity index (χ3v) is 5.64. The molecular formula is C18H22N4OS. The molecular weight excluding hydrogens is 320 g/mol. The molecule has 5 nitrogen and oxygen atoms in total. The van der Waals surface area contributed by atoms with E-state index in [1.807, 2.05) is 11.6 Å². The van der Waals surface area contributed by atoms with Crippen LogP contribution in [-0.2, 0) is 12.8 Å². The maximum absolute atomic E-state index is 9.40. The fourth-order valence-corrected chi connectivity index (χ4v) is 4.45. The zero-order chi connectivity index (χ0) is 16.7. The van der Waals surface area contributed by atoms with Crippen LogP contribution >= 0.6 is 11.3 Å². The minimum Gasteiger partial charge on any atom is -0.395 e. The average molecular weight is 342 g/mol. The molecule has 6 heteroatoms. The van der Waals surface area contributed by atoms with Crippen LogP contribution < -0.4 is 4.90 Å². The Morgan fingerprint density at radius 3 is 2.92 bits per heavy atom. The number of likely N-dealkylation sites (N-methyl/N-ethyl adjacent to an activating group) is 1. The molecule has 1 aliphatic rings. The van der Waals surface area contributed by atoms with Gasteiger partial charge >= 0.3 is 0 Å². The molecule has 0 saturated heterocycles. The number of hydrogen-bond donors (Lipinski definition) is 1. The Morgan fingerprint density at radius 1 is 1.33 bits per heavy atom. The van der Waals surface area contributed by atoms with Gasteiger partial charge in [-0.2, -0.15) is 9.61 Å². The van der Waals surface area contributed by atoms with Gasteiger partial charge in [0.15, 0.2) is 5.65 Å². The van der Waals surface area contributed by atoms with Crippen molar-refractivity contribution < 1.29 is 5.11 Å². The SMILES string of the molecule is Cc1nn2c(N(C)CCO)c3c(nc2c1-c1cccs1)CCCC3. The van der Waals surface area contributed by atoms with Gasteiger partial charge in [-0.05, 0) is 44.1 Å². The van der Waals surface area contributed by atoms with Gasteiger partial charge in [-0.1, -0.05) is 6.07 Å². The molecule has 4 rings (SSSR count). The maximum atomic E-state index is 9.40. The number of aliphatic hydroxyl groups excluding tert-OH is 1. The molecule has 3 aromatic rings. The number of rotatable bonds is 4. The molecule has 0 saturated carbocycles. The largest absolute Gasteiger partial charge is 0.395 e. The molecule has 0 aromatic carbocycles. The molecule has 0 amide bonds. The summed E-state index contributed by atoms with van der Waals surface area (Å²) in [4.78, 5) is 8.34. The maximum Gasteiger partial charge on any atom is 0.166 e. The predicted molar refractivity (Wildman–Crippen MR) is 98.0 cm³/mol. The highest BCUT2D eigenvalue weighted by atomic mass is 32.1. The van der Waals surface area contributed by atoms with Crippen molar-refractivity contribution >= 4 is 22.8 Å². The highest BCUT2D eigenvalue weighted by molar-refractivity contribution is 7.13. The van der Waals surface area contributed by atoms with E-state index in [1.165, 1.54) is 29.0 Å². The number of aromatic nitrogens is 3. The van der Waals surface area contributed by atoms with Gasteiger partial charge < -0.3 is 10.0 Å². The third-order valence-electron chi connectivity index (χ3n) is 4.75. The van der Waals surface area contributed by atoms with Crippen LogP contribution in [0.15, 0.2) is 17.5 Å². The van der Waals surface area contributed by atoms with Gasteiger partial charge in [-0.3, -0.25) is 0 Å². The normalized spacial score (nSPS) is 14.1.